The molecule has 3 atom stereocenters. The summed E-state index contributed by atoms with van der Waals surface area (Å²) in [6.45, 7) is 8.79. The predicted molar refractivity (Wildman–Crippen MR) is 83.3 cm³/mol. The topological polar surface area (TPSA) is 32.3 Å². The normalized spacial score (nSPS) is 30.2. The molecule has 1 aliphatic carbocycles. The van der Waals surface area contributed by atoms with Gasteiger partial charge in [-0.25, -0.2) is 0 Å². The molecule has 1 saturated heterocycles. The minimum atomic E-state index is 0.0441. The third kappa shape index (κ3) is 3.36. The Morgan fingerprint density at radius 3 is 2.45 bits per heavy atom. The Labute approximate surface area is 124 Å². The van der Waals surface area contributed by atoms with Crippen molar-refractivity contribution < 1.29 is 4.79 Å². The lowest BCUT2D eigenvalue weighted by Gasteiger charge is -2.38. The number of carbonyl (C=O) groups is 1. The van der Waals surface area contributed by atoms with Crippen LogP contribution in [0.4, 0.5) is 0 Å². The first kappa shape index (κ1) is 15.8. The van der Waals surface area contributed by atoms with E-state index in [0.29, 0.717) is 17.9 Å². The highest BCUT2D eigenvalue weighted by Crippen LogP contribution is 2.33. The molecule has 3 nitrogen and oxygen atoms in total. The van der Waals surface area contributed by atoms with Crippen molar-refractivity contribution in [3.63, 3.8) is 0 Å². The van der Waals surface area contributed by atoms with Gasteiger partial charge in [-0.15, -0.1) is 0 Å². The van der Waals surface area contributed by atoms with Crippen LogP contribution in [0.5, 0.6) is 0 Å². The van der Waals surface area contributed by atoms with Crippen molar-refractivity contribution in [2.24, 2.45) is 11.8 Å². The highest BCUT2D eigenvalue weighted by molar-refractivity contribution is 5.84. The van der Waals surface area contributed by atoms with Gasteiger partial charge in [-0.3, -0.25) is 10.1 Å². The minimum Gasteiger partial charge on any atom is -0.323 e. The van der Waals surface area contributed by atoms with E-state index in [-0.39, 0.29) is 12.2 Å². The molecule has 2 rings (SSSR count). The summed E-state index contributed by atoms with van der Waals surface area (Å²) in [4.78, 5) is 14.9. The van der Waals surface area contributed by atoms with Gasteiger partial charge in [-0.05, 0) is 44.4 Å². The molecule has 0 aromatic carbocycles. The van der Waals surface area contributed by atoms with Crippen LogP contribution in [0.3, 0.4) is 0 Å². The quantitative estimate of drug-likeness (QED) is 0.835. The number of hydrogen-bond acceptors (Lipinski definition) is 2. The monoisotopic (exact) mass is 280 g/mol. The molecule has 3 unspecified atom stereocenters. The van der Waals surface area contributed by atoms with E-state index in [1.807, 2.05) is 0 Å². The fourth-order valence-electron chi connectivity index (χ4n) is 4.18. The summed E-state index contributed by atoms with van der Waals surface area (Å²) in [5, 5.41) is 3.52. The maximum Gasteiger partial charge on any atom is 0.241 e. The van der Waals surface area contributed by atoms with E-state index in [0.717, 1.165) is 18.8 Å². The zero-order valence-corrected chi connectivity index (χ0v) is 13.7. The maximum atomic E-state index is 12.8. The van der Waals surface area contributed by atoms with Crippen LogP contribution in [-0.4, -0.2) is 29.1 Å². The Morgan fingerprint density at radius 2 is 1.90 bits per heavy atom. The van der Waals surface area contributed by atoms with Crippen LogP contribution in [-0.2, 0) is 4.79 Å². The summed E-state index contributed by atoms with van der Waals surface area (Å²) in [5.41, 5.74) is 0. The Morgan fingerprint density at radius 1 is 1.25 bits per heavy atom. The standard InChI is InChI=1S/C17H32N2O/c1-5-16(14-9-7-6-8-10-14)19-13(4)18-15(17(19)20)11-12(2)3/h12-16,18H,5-11H2,1-4H3. The number of carbonyl (C=O) groups excluding carboxylic acids is 1. The average Bonchev–Trinajstić information content (AvgIpc) is 2.68. The molecular formula is C17H32N2O. The molecule has 0 aromatic rings. The summed E-state index contributed by atoms with van der Waals surface area (Å²) in [7, 11) is 0. The minimum absolute atomic E-state index is 0.0441. The Kier molecular flexibility index (Phi) is 5.48. The number of nitrogens with zero attached hydrogens (tertiary/aromatic N) is 1. The van der Waals surface area contributed by atoms with Crippen LogP contribution >= 0.6 is 0 Å². The Hall–Kier alpha value is -0.570. The molecule has 2 aliphatic rings. The predicted octanol–water partition coefficient (Wildman–Crippen LogP) is 3.54. The van der Waals surface area contributed by atoms with Gasteiger partial charge in [-0.1, -0.05) is 40.0 Å². The smallest absolute Gasteiger partial charge is 0.241 e. The zero-order chi connectivity index (χ0) is 14.7. The van der Waals surface area contributed by atoms with Gasteiger partial charge < -0.3 is 4.90 Å². The molecule has 0 spiro atoms. The molecule has 1 amide bonds. The molecule has 3 heteroatoms. The second-order valence-corrected chi connectivity index (χ2v) is 7.14. The lowest BCUT2D eigenvalue weighted by Crippen LogP contribution is -2.47. The van der Waals surface area contributed by atoms with Crippen molar-refractivity contribution in [2.45, 2.75) is 90.9 Å². The second-order valence-electron chi connectivity index (χ2n) is 7.14. The first-order valence-corrected chi connectivity index (χ1v) is 8.62. The van der Waals surface area contributed by atoms with Gasteiger partial charge in [-0.2, -0.15) is 0 Å². The summed E-state index contributed by atoms with van der Waals surface area (Å²) < 4.78 is 0. The van der Waals surface area contributed by atoms with Gasteiger partial charge in [0.25, 0.3) is 0 Å². The van der Waals surface area contributed by atoms with E-state index >= 15 is 0 Å². The number of hydrogen-bond donors (Lipinski definition) is 1. The molecule has 1 aliphatic heterocycles. The van der Waals surface area contributed by atoms with Gasteiger partial charge >= 0.3 is 0 Å². The Balaban J connectivity index is 2.06. The first-order chi connectivity index (χ1) is 9.54. The summed E-state index contributed by atoms with van der Waals surface area (Å²) in [5.74, 6) is 1.64. The fraction of sp³-hybridized carbons (Fsp3) is 0.941. The molecular weight excluding hydrogens is 248 g/mol. The number of amides is 1. The fourth-order valence-corrected chi connectivity index (χ4v) is 4.18. The van der Waals surface area contributed by atoms with Gasteiger partial charge in [0.2, 0.25) is 5.91 Å². The van der Waals surface area contributed by atoms with Crippen LogP contribution in [0.2, 0.25) is 0 Å². The molecule has 1 saturated carbocycles. The molecule has 0 aromatic heterocycles. The number of rotatable bonds is 5. The largest absolute Gasteiger partial charge is 0.323 e. The van der Waals surface area contributed by atoms with Crippen LogP contribution in [0.1, 0.15) is 72.6 Å². The van der Waals surface area contributed by atoms with E-state index in [9.17, 15) is 4.79 Å². The van der Waals surface area contributed by atoms with Crippen molar-refractivity contribution in [1.29, 1.82) is 0 Å². The van der Waals surface area contributed by atoms with Gasteiger partial charge in [0.15, 0.2) is 0 Å². The van der Waals surface area contributed by atoms with Crippen molar-refractivity contribution in [2.75, 3.05) is 0 Å². The van der Waals surface area contributed by atoms with Gasteiger partial charge in [0, 0.05) is 6.04 Å². The van der Waals surface area contributed by atoms with E-state index in [1.165, 1.54) is 32.1 Å². The number of nitrogens with one attached hydrogen (secondary N) is 1. The average molecular weight is 280 g/mol. The SMILES string of the molecule is CCC(C1CCCCC1)N1C(=O)C(CC(C)C)NC1C. The molecule has 0 bridgehead atoms. The van der Waals surface area contributed by atoms with Crippen molar-refractivity contribution >= 4 is 5.91 Å². The van der Waals surface area contributed by atoms with E-state index in [1.54, 1.807) is 0 Å². The van der Waals surface area contributed by atoms with Crippen LogP contribution in [0.15, 0.2) is 0 Å². The van der Waals surface area contributed by atoms with E-state index in [2.05, 4.69) is 37.9 Å². The van der Waals surface area contributed by atoms with Crippen molar-refractivity contribution in [3.05, 3.63) is 0 Å². The third-order valence-electron chi connectivity index (χ3n) is 5.09. The van der Waals surface area contributed by atoms with Crippen LogP contribution < -0.4 is 5.32 Å². The molecule has 1 heterocycles. The summed E-state index contributed by atoms with van der Waals surface area (Å²) in [6.07, 6.45) is 8.95. The highest BCUT2D eigenvalue weighted by Gasteiger charge is 2.42. The van der Waals surface area contributed by atoms with E-state index < -0.39 is 0 Å². The van der Waals surface area contributed by atoms with Crippen molar-refractivity contribution in [3.8, 4) is 0 Å². The lowest BCUT2D eigenvalue weighted by atomic mass is 9.82. The first-order valence-electron chi connectivity index (χ1n) is 8.62. The van der Waals surface area contributed by atoms with Gasteiger partial charge in [0.05, 0.1) is 12.2 Å². The maximum absolute atomic E-state index is 12.8. The second kappa shape index (κ2) is 6.93. The molecule has 1 N–H and O–H groups in total. The summed E-state index contributed by atoms with van der Waals surface area (Å²) in [6, 6.07) is 0.491. The van der Waals surface area contributed by atoms with Crippen LogP contribution in [0.25, 0.3) is 0 Å². The van der Waals surface area contributed by atoms with E-state index in [4.69, 9.17) is 0 Å². The van der Waals surface area contributed by atoms with Crippen molar-refractivity contribution in [1.82, 2.24) is 10.2 Å². The molecule has 0 radical (unpaired) electrons. The van der Waals surface area contributed by atoms with Gasteiger partial charge in [0.1, 0.15) is 0 Å². The molecule has 20 heavy (non-hydrogen) atoms. The summed E-state index contributed by atoms with van der Waals surface area (Å²) >= 11 is 0. The zero-order valence-electron chi connectivity index (χ0n) is 13.7. The lowest BCUT2D eigenvalue weighted by molar-refractivity contribution is -0.133. The van der Waals surface area contributed by atoms with Crippen LogP contribution in [0, 0.1) is 11.8 Å². The Bertz CT molecular complexity index is 323. The third-order valence-corrected chi connectivity index (χ3v) is 5.09. The molecule has 116 valence electrons. The highest BCUT2D eigenvalue weighted by atomic mass is 16.2. The molecule has 2 fully saturated rings.